The first-order valence-corrected chi connectivity index (χ1v) is 8.61. The molecule has 0 aromatic heterocycles. The predicted octanol–water partition coefficient (Wildman–Crippen LogP) is 4.63. The van der Waals surface area contributed by atoms with Crippen LogP contribution in [0.3, 0.4) is 0 Å². The number of nitrogens with one attached hydrogen (secondary N) is 1. The van der Waals surface area contributed by atoms with E-state index in [1.165, 1.54) is 5.56 Å². The van der Waals surface area contributed by atoms with Gasteiger partial charge in [0.15, 0.2) is 0 Å². The van der Waals surface area contributed by atoms with Gasteiger partial charge in [0.2, 0.25) is 0 Å². The van der Waals surface area contributed by atoms with Crippen LogP contribution in [0, 0.1) is 0 Å². The Labute approximate surface area is 146 Å². The van der Waals surface area contributed by atoms with Crippen molar-refractivity contribution in [3.63, 3.8) is 0 Å². The maximum atomic E-state index is 12.6. The van der Waals surface area contributed by atoms with Gasteiger partial charge >= 0.3 is 6.18 Å². The molecule has 2 aromatic rings. The fourth-order valence-electron chi connectivity index (χ4n) is 3.36. The summed E-state index contributed by atoms with van der Waals surface area (Å²) in [7, 11) is 0. The molecule has 1 N–H and O–H groups in total. The van der Waals surface area contributed by atoms with Crippen LogP contribution in [-0.4, -0.2) is 24.0 Å². The molecule has 0 spiro atoms. The molecule has 2 aromatic carbocycles. The van der Waals surface area contributed by atoms with Gasteiger partial charge in [0.05, 0.1) is 5.56 Å². The second-order valence-corrected chi connectivity index (χ2v) is 6.71. The normalized spacial score (nSPS) is 19.9. The van der Waals surface area contributed by atoms with Gasteiger partial charge in [-0.3, -0.25) is 4.90 Å². The smallest absolute Gasteiger partial charge is 0.306 e. The van der Waals surface area contributed by atoms with Crippen LogP contribution < -0.4 is 5.32 Å². The van der Waals surface area contributed by atoms with E-state index >= 15 is 0 Å². The highest BCUT2D eigenvalue weighted by Gasteiger charge is 2.30. The van der Waals surface area contributed by atoms with Crippen LogP contribution in [0.1, 0.15) is 36.1 Å². The molecule has 2 unspecified atom stereocenters. The summed E-state index contributed by atoms with van der Waals surface area (Å²) in [6.07, 6.45) is -3.23. The van der Waals surface area contributed by atoms with Crippen molar-refractivity contribution in [3.8, 4) is 0 Å². The van der Waals surface area contributed by atoms with Crippen molar-refractivity contribution in [1.82, 2.24) is 10.2 Å². The molecule has 0 bridgehead atoms. The Morgan fingerprint density at radius 1 is 1.08 bits per heavy atom. The molecule has 25 heavy (non-hydrogen) atoms. The summed E-state index contributed by atoms with van der Waals surface area (Å²) < 4.78 is 37.9. The Balaban J connectivity index is 1.52. The zero-order chi connectivity index (χ0) is 17.9. The summed E-state index contributed by atoms with van der Waals surface area (Å²) in [5.41, 5.74) is 1.59. The molecule has 0 saturated carbocycles. The minimum absolute atomic E-state index is 0.0314. The number of likely N-dealkylation sites (tertiary alicyclic amines) is 1. The van der Waals surface area contributed by atoms with Crippen molar-refractivity contribution >= 4 is 0 Å². The highest BCUT2D eigenvalue weighted by atomic mass is 19.4. The Bertz CT molecular complexity index is 668. The summed E-state index contributed by atoms with van der Waals surface area (Å²) in [5, 5.41) is 3.55. The van der Waals surface area contributed by atoms with Gasteiger partial charge in [-0.25, -0.2) is 0 Å². The highest BCUT2D eigenvalue weighted by Crippen LogP contribution is 2.30. The molecule has 0 aliphatic carbocycles. The van der Waals surface area contributed by atoms with Crippen LogP contribution >= 0.6 is 0 Å². The topological polar surface area (TPSA) is 15.3 Å². The SMILES string of the molecule is CC(NC1CCN(Cc2ccccc2)C1)c1ccc(C(F)(F)F)cc1. The first kappa shape index (κ1) is 18.0. The number of halogens is 3. The van der Waals surface area contributed by atoms with Crippen molar-refractivity contribution in [2.45, 2.75) is 38.1 Å². The largest absolute Gasteiger partial charge is 0.416 e. The van der Waals surface area contributed by atoms with Crippen molar-refractivity contribution < 1.29 is 13.2 Å². The quantitative estimate of drug-likeness (QED) is 0.847. The lowest BCUT2D eigenvalue weighted by molar-refractivity contribution is -0.137. The third kappa shape index (κ3) is 4.83. The van der Waals surface area contributed by atoms with Crippen LogP contribution in [0.5, 0.6) is 0 Å². The maximum absolute atomic E-state index is 12.6. The average Bonchev–Trinajstić information content (AvgIpc) is 3.02. The number of hydrogen-bond donors (Lipinski definition) is 1. The molecule has 3 rings (SSSR count). The molecule has 2 nitrogen and oxygen atoms in total. The lowest BCUT2D eigenvalue weighted by atomic mass is 10.0. The summed E-state index contributed by atoms with van der Waals surface area (Å²) in [4.78, 5) is 2.41. The molecular weight excluding hydrogens is 325 g/mol. The first-order valence-electron chi connectivity index (χ1n) is 8.61. The maximum Gasteiger partial charge on any atom is 0.416 e. The second-order valence-electron chi connectivity index (χ2n) is 6.71. The van der Waals surface area contributed by atoms with Crippen LogP contribution in [-0.2, 0) is 12.7 Å². The first-order chi connectivity index (χ1) is 11.9. The van der Waals surface area contributed by atoms with Gasteiger partial charge in [0, 0.05) is 31.7 Å². The molecule has 1 aliphatic heterocycles. The van der Waals surface area contributed by atoms with E-state index in [1.54, 1.807) is 12.1 Å². The van der Waals surface area contributed by atoms with Gasteiger partial charge in [-0.1, -0.05) is 42.5 Å². The van der Waals surface area contributed by atoms with Crippen LogP contribution in [0.15, 0.2) is 54.6 Å². The molecule has 134 valence electrons. The van der Waals surface area contributed by atoms with E-state index in [0.717, 1.165) is 43.8 Å². The summed E-state index contributed by atoms with van der Waals surface area (Å²) in [6, 6.07) is 16.2. The molecular formula is C20H23F3N2. The van der Waals surface area contributed by atoms with Gasteiger partial charge in [-0.05, 0) is 36.6 Å². The zero-order valence-electron chi connectivity index (χ0n) is 14.3. The van der Waals surface area contributed by atoms with E-state index in [4.69, 9.17) is 0 Å². The Morgan fingerprint density at radius 2 is 1.76 bits per heavy atom. The lowest BCUT2D eigenvalue weighted by Crippen LogP contribution is -2.34. The van der Waals surface area contributed by atoms with Crippen molar-refractivity contribution in [1.29, 1.82) is 0 Å². The van der Waals surface area contributed by atoms with E-state index in [0.29, 0.717) is 6.04 Å². The van der Waals surface area contributed by atoms with Gasteiger partial charge in [-0.15, -0.1) is 0 Å². The van der Waals surface area contributed by atoms with E-state index < -0.39 is 11.7 Å². The zero-order valence-corrected chi connectivity index (χ0v) is 14.3. The Morgan fingerprint density at radius 3 is 2.40 bits per heavy atom. The lowest BCUT2D eigenvalue weighted by Gasteiger charge is -2.21. The van der Waals surface area contributed by atoms with Gasteiger partial charge in [0.1, 0.15) is 0 Å². The molecule has 1 aliphatic rings. The van der Waals surface area contributed by atoms with Gasteiger partial charge in [-0.2, -0.15) is 13.2 Å². The van der Waals surface area contributed by atoms with Crippen molar-refractivity contribution in [2.75, 3.05) is 13.1 Å². The highest BCUT2D eigenvalue weighted by molar-refractivity contribution is 5.26. The summed E-state index contributed by atoms with van der Waals surface area (Å²) in [5.74, 6) is 0. The molecule has 1 saturated heterocycles. The van der Waals surface area contributed by atoms with E-state index in [1.807, 2.05) is 25.1 Å². The number of nitrogens with zero attached hydrogens (tertiary/aromatic N) is 1. The molecule has 1 fully saturated rings. The molecule has 0 amide bonds. The third-order valence-corrected chi connectivity index (χ3v) is 4.75. The average molecular weight is 348 g/mol. The minimum Gasteiger partial charge on any atom is -0.306 e. The number of alkyl halides is 3. The monoisotopic (exact) mass is 348 g/mol. The van der Waals surface area contributed by atoms with Gasteiger partial charge in [0.25, 0.3) is 0 Å². The van der Waals surface area contributed by atoms with Crippen LogP contribution in [0.4, 0.5) is 13.2 Å². The van der Waals surface area contributed by atoms with Crippen molar-refractivity contribution in [3.05, 3.63) is 71.3 Å². The minimum atomic E-state index is -4.28. The van der Waals surface area contributed by atoms with Gasteiger partial charge < -0.3 is 5.32 Å². The number of benzene rings is 2. The van der Waals surface area contributed by atoms with E-state index in [2.05, 4.69) is 22.3 Å². The molecule has 2 atom stereocenters. The molecule has 1 heterocycles. The van der Waals surface area contributed by atoms with E-state index in [9.17, 15) is 13.2 Å². The Hall–Kier alpha value is -1.85. The Kier molecular flexibility index (Phi) is 5.45. The summed E-state index contributed by atoms with van der Waals surface area (Å²) in [6.45, 7) is 4.93. The van der Waals surface area contributed by atoms with Crippen molar-refractivity contribution in [2.24, 2.45) is 0 Å². The second kappa shape index (κ2) is 7.58. The van der Waals surface area contributed by atoms with E-state index in [-0.39, 0.29) is 6.04 Å². The standard InChI is InChI=1S/C20H23F3N2/c1-15(17-7-9-18(10-8-17)20(21,22)23)24-19-11-12-25(14-19)13-16-5-3-2-4-6-16/h2-10,15,19,24H,11-14H2,1H3. The third-order valence-electron chi connectivity index (χ3n) is 4.75. The number of rotatable bonds is 5. The number of hydrogen-bond acceptors (Lipinski definition) is 2. The molecule has 5 heteroatoms. The fraction of sp³-hybridized carbons (Fsp3) is 0.400. The molecule has 0 radical (unpaired) electrons. The summed E-state index contributed by atoms with van der Waals surface area (Å²) >= 11 is 0. The van der Waals surface area contributed by atoms with Crippen LogP contribution in [0.2, 0.25) is 0 Å². The van der Waals surface area contributed by atoms with Crippen LogP contribution in [0.25, 0.3) is 0 Å². The fourth-order valence-corrected chi connectivity index (χ4v) is 3.36. The predicted molar refractivity (Wildman–Crippen MR) is 93.1 cm³/mol.